The number of carbonyl (C=O) groups is 1. The molecule has 0 spiro atoms. The van der Waals surface area contributed by atoms with E-state index in [-0.39, 0.29) is 17.6 Å². The summed E-state index contributed by atoms with van der Waals surface area (Å²) in [4.78, 5) is 12.6. The lowest BCUT2D eigenvalue weighted by atomic mass is 9.98. The summed E-state index contributed by atoms with van der Waals surface area (Å²) in [6, 6.07) is 17.0. The number of rotatable bonds is 7. The van der Waals surface area contributed by atoms with Gasteiger partial charge in [-0.3, -0.25) is 9.36 Å². The lowest BCUT2D eigenvalue weighted by Gasteiger charge is -2.22. The number of para-hydroxylation sites is 1. The van der Waals surface area contributed by atoms with Crippen LogP contribution in [0.3, 0.4) is 0 Å². The lowest BCUT2D eigenvalue weighted by Crippen LogP contribution is -2.47. The molecule has 3 aromatic rings. The monoisotopic (exact) mass is 471 g/mol. The fraction of sp³-hybridized carbons (Fsp3) is 0.273. The summed E-state index contributed by atoms with van der Waals surface area (Å²) in [6.07, 6.45) is 1.93. The highest BCUT2D eigenvalue weighted by atomic mass is 35.5. The maximum atomic E-state index is 12.6. The summed E-state index contributed by atoms with van der Waals surface area (Å²) in [7, 11) is 0. The highest BCUT2D eigenvalue weighted by Crippen LogP contribution is 2.39. The Morgan fingerprint density at radius 2 is 2.00 bits per heavy atom. The molecular weight excluding hydrogens is 453 g/mol. The number of aromatic nitrogens is 3. The molecule has 0 bridgehead atoms. The Kier molecular flexibility index (Phi) is 6.24. The molecule has 1 aromatic heterocycles. The van der Waals surface area contributed by atoms with E-state index in [9.17, 15) is 10.1 Å². The third-order valence-electron chi connectivity index (χ3n) is 5.18. The van der Waals surface area contributed by atoms with Crippen LogP contribution in [-0.2, 0) is 4.79 Å². The first kappa shape index (κ1) is 21.7. The van der Waals surface area contributed by atoms with Crippen LogP contribution in [0.15, 0.2) is 53.7 Å². The highest BCUT2D eigenvalue weighted by molar-refractivity contribution is 7.99. The second-order valence-corrected chi connectivity index (χ2v) is 9.31. The zero-order valence-corrected chi connectivity index (χ0v) is 19.0. The van der Waals surface area contributed by atoms with Gasteiger partial charge in [0.2, 0.25) is 5.91 Å². The summed E-state index contributed by atoms with van der Waals surface area (Å²) in [5.41, 5.74) is 0.702. The van der Waals surface area contributed by atoms with Crippen LogP contribution in [0.1, 0.15) is 19.8 Å². The summed E-state index contributed by atoms with van der Waals surface area (Å²) in [5.74, 6) is 0.673. The van der Waals surface area contributed by atoms with Gasteiger partial charge in [-0.15, -0.1) is 10.2 Å². The first-order valence-corrected chi connectivity index (χ1v) is 11.5. The van der Waals surface area contributed by atoms with Crippen LogP contribution in [0.25, 0.3) is 17.1 Å². The normalized spacial score (nSPS) is 15.2. The van der Waals surface area contributed by atoms with E-state index in [1.165, 1.54) is 11.8 Å². The van der Waals surface area contributed by atoms with Gasteiger partial charge in [0.25, 0.3) is 0 Å². The van der Waals surface area contributed by atoms with Crippen molar-refractivity contribution in [2.75, 3.05) is 5.75 Å². The second kappa shape index (κ2) is 8.91. The average molecular weight is 472 g/mol. The van der Waals surface area contributed by atoms with Gasteiger partial charge in [-0.2, -0.15) is 5.26 Å². The van der Waals surface area contributed by atoms with Crippen LogP contribution in [-0.4, -0.2) is 32.0 Å². The van der Waals surface area contributed by atoms with E-state index < -0.39 is 5.54 Å². The van der Waals surface area contributed by atoms with Gasteiger partial charge in [0, 0.05) is 16.3 Å². The number of thioether (sulfide) groups is 1. The molecule has 6 nitrogen and oxygen atoms in total. The molecule has 0 aliphatic heterocycles. The van der Waals surface area contributed by atoms with Gasteiger partial charge in [-0.1, -0.05) is 53.2 Å². The van der Waals surface area contributed by atoms with Crippen LogP contribution in [0.5, 0.6) is 0 Å². The van der Waals surface area contributed by atoms with Gasteiger partial charge in [0.1, 0.15) is 5.54 Å². The zero-order chi connectivity index (χ0) is 22.0. The molecule has 1 fully saturated rings. The molecule has 1 unspecified atom stereocenters. The molecule has 1 N–H and O–H groups in total. The van der Waals surface area contributed by atoms with E-state index in [1.54, 1.807) is 25.1 Å². The van der Waals surface area contributed by atoms with E-state index in [1.807, 2.05) is 34.9 Å². The van der Waals surface area contributed by atoms with E-state index in [2.05, 4.69) is 21.6 Å². The van der Waals surface area contributed by atoms with E-state index in [0.717, 1.165) is 18.5 Å². The van der Waals surface area contributed by atoms with E-state index >= 15 is 0 Å². The van der Waals surface area contributed by atoms with Gasteiger partial charge in [-0.25, -0.2) is 0 Å². The number of nitrogens with one attached hydrogen (secondary N) is 1. The van der Waals surface area contributed by atoms with Crippen molar-refractivity contribution in [3.05, 3.63) is 58.6 Å². The maximum absolute atomic E-state index is 12.6. The van der Waals surface area contributed by atoms with Gasteiger partial charge < -0.3 is 5.32 Å². The van der Waals surface area contributed by atoms with E-state index in [0.29, 0.717) is 26.6 Å². The molecule has 158 valence electrons. The minimum Gasteiger partial charge on any atom is -0.337 e. The predicted molar refractivity (Wildman–Crippen MR) is 122 cm³/mol. The molecule has 0 radical (unpaired) electrons. The number of nitrogens with zero attached hydrogens (tertiary/aromatic N) is 4. The molecule has 31 heavy (non-hydrogen) atoms. The van der Waals surface area contributed by atoms with Crippen LogP contribution in [0.4, 0.5) is 0 Å². The van der Waals surface area contributed by atoms with Gasteiger partial charge in [0.15, 0.2) is 11.0 Å². The third-order valence-corrected chi connectivity index (χ3v) is 6.65. The van der Waals surface area contributed by atoms with Crippen molar-refractivity contribution < 1.29 is 4.79 Å². The Labute approximate surface area is 194 Å². The summed E-state index contributed by atoms with van der Waals surface area (Å²) in [5, 5.41) is 22.5. The van der Waals surface area contributed by atoms with Gasteiger partial charge in [0.05, 0.1) is 16.8 Å². The molecule has 4 rings (SSSR count). The Balaban J connectivity index is 1.62. The Morgan fingerprint density at radius 3 is 2.65 bits per heavy atom. The largest absolute Gasteiger partial charge is 0.337 e. The van der Waals surface area contributed by atoms with Crippen molar-refractivity contribution in [2.45, 2.75) is 30.5 Å². The SMILES string of the molecule is CC(C#N)(NC(=O)CSc1nnc(-c2ccc(Cl)cc2Cl)n1-c1ccccc1)C1CC1. The maximum Gasteiger partial charge on any atom is 0.231 e. The molecule has 1 saturated carbocycles. The number of nitriles is 1. The smallest absolute Gasteiger partial charge is 0.231 e. The molecular formula is C22H19Cl2N5OS. The van der Waals surface area contributed by atoms with Crippen molar-refractivity contribution in [2.24, 2.45) is 5.92 Å². The highest BCUT2D eigenvalue weighted by Gasteiger charge is 2.43. The number of hydrogen-bond acceptors (Lipinski definition) is 5. The number of hydrogen-bond donors (Lipinski definition) is 1. The molecule has 9 heteroatoms. The first-order chi connectivity index (χ1) is 14.9. The minimum absolute atomic E-state index is 0.114. The van der Waals surface area contributed by atoms with E-state index in [4.69, 9.17) is 23.2 Å². The van der Waals surface area contributed by atoms with Crippen LogP contribution in [0.2, 0.25) is 10.0 Å². The zero-order valence-electron chi connectivity index (χ0n) is 16.7. The first-order valence-electron chi connectivity index (χ1n) is 9.72. The fourth-order valence-electron chi connectivity index (χ4n) is 3.36. The summed E-state index contributed by atoms with van der Waals surface area (Å²) < 4.78 is 1.86. The topological polar surface area (TPSA) is 83.6 Å². The molecule has 1 heterocycles. The quantitative estimate of drug-likeness (QED) is 0.482. The molecule has 1 amide bonds. The van der Waals surface area contributed by atoms with Crippen LogP contribution >= 0.6 is 35.0 Å². The standard InChI is InChI=1S/C22H19Cl2N5OS/c1-22(13-25,14-7-8-14)26-19(30)12-31-21-28-27-20(17-10-9-15(23)11-18(17)24)29(21)16-5-3-2-4-6-16/h2-6,9-11,14H,7-8,12H2,1H3,(H,26,30). The van der Waals surface area contributed by atoms with Crippen LogP contribution in [0, 0.1) is 17.2 Å². The van der Waals surface area contributed by atoms with Crippen molar-refractivity contribution in [1.29, 1.82) is 5.26 Å². The van der Waals surface area contributed by atoms with Crippen molar-refractivity contribution >= 4 is 40.9 Å². The van der Waals surface area contributed by atoms with Crippen LogP contribution < -0.4 is 5.32 Å². The Morgan fingerprint density at radius 1 is 1.26 bits per heavy atom. The average Bonchev–Trinajstić information content (AvgIpc) is 3.54. The van der Waals surface area contributed by atoms with Gasteiger partial charge >= 0.3 is 0 Å². The van der Waals surface area contributed by atoms with Crippen molar-refractivity contribution in [3.63, 3.8) is 0 Å². The molecule has 1 aliphatic rings. The minimum atomic E-state index is -0.827. The number of benzene rings is 2. The summed E-state index contributed by atoms with van der Waals surface area (Å²) in [6.45, 7) is 1.78. The Bertz CT molecular complexity index is 1160. The molecule has 2 aromatic carbocycles. The van der Waals surface area contributed by atoms with Crippen molar-refractivity contribution in [3.8, 4) is 23.1 Å². The molecule has 1 aliphatic carbocycles. The molecule has 0 saturated heterocycles. The lowest BCUT2D eigenvalue weighted by molar-refractivity contribution is -0.119. The number of amides is 1. The number of carbonyl (C=O) groups excluding carboxylic acids is 1. The Hall–Kier alpha value is -2.53. The third kappa shape index (κ3) is 4.72. The van der Waals surface area contributed by atoms with Gasteiger partial charge in [-0.05, 0) is 56.0 Å². The number of halogens is 2. The fourth-order valence-corrected chi connectivity index (χ4v) is 4.60. The second-order valence-electron chi connectivity index (χ2n) is 7.53. The van der Waals surface area contributed by atoms with Crippen molar-refractivity contribution in [1.82, 2.24) is 20.1 Å². The summed E-state index contributed by atoms with van der Waals surface area (Å²) >= 11 is 13.7. The molecule has 1 atom stereocenters. The predicted octanol–water partition coefficient (Wildman–Crippen LogP) is 5.14.